The quantitative estimate of drug-likeness (QED) is 0.808. The molecule has 1 aliphatic rings. The number of hydrogen-bond acceptors (Lipinski definition) is 4. The molecule has 1 heterocycles. The van der Waals surface area contributed by atoms with E-state index in [-0.39, 0.29) is 17.9 Å². The molecule has 0 aliphatic heterocycles. The fourth-order valence-corrected chi connectivity index (χ4v) is 3.62. The Morgan fingerprint density at radius 1 is 1.39 bits per heavy atom. The Balaban J connectivity index is 1.75. The van der Waals surface area contributed by atoms with Gasteiger partial charge in [-0.2, -0.15) is 0 Å². The Kier molecular flexibility index (Phi) is 3.80. The number of oxazole rings is 1. The highest BCUT2D eigenvalue weighted by atomic mass is 16.4. The fourth-order valence-electron chi connectivity index (χ4n) is 3.62. The van der Waals surface area contributed by atoms with E-state index < -0.39 is 11.4 Å². The first-order chi connectivity index (χ1) is 10.8. The third-order valence-electron chi connectivity index (χ3n) is 4.58. The number of rotatable bonds is 3. The largest absolute Gasteiger partial charge is 0.417 e. The van der Waals surface area contributed by atoms with Crippen LogP contribution in [-0.2, 0) is 0 Å². The molecule has 0 radical (unpaired) electrons. The van der Waals surface area contributed by atoms with Crippen molar-refractivity contribution in [2.75, 3.05) is 6.54 Å². The number of benzene rings is 1. The lowest BCUT2D eigenvalue weighted by atomic mass is 9.70. The average Bonchev–Trinajstić information content (AvgIpc) is 2.83. The molecular weight excluding hydrogens is 296 g/mol. The predicted molar refractivity (Wildman–Crippen MR) is 86.4 cm³/mol. The van der Waals surface area contributed by atoms with Crippen molar-refractivity contribution in [2.24, 2.45) is 5.41 Å². The van der Waals surface area contributed by atoms with Gasteiger partial charge in [-0.15, -0.1) is 0 Å². The maximum atomic E-state index is 12.4. The molecule has 1 aromatic carbocycles. The minimum Gasteiger partial charge on any atom is -0.408 e. The second-order valence-electron chi connectivity index (χ2n) is 7.29. The third-order valence-corrected chi connectivity index (χ3v) is 4.58. The molecule has 1 atom stereocenters. The van der Waals surface area contributed by atoms with Gasteiger partial charge in [0.2, 0.25) is 0 Å². The summed E-state index contributed by atoms with van der Waals surface area (Å²) in [5.74, 6) is -0.919. The Hall–Kier alpha value is -2.08. The number of aliphatic hydroxyl groups is 1. The summed E-state index contributed by atoms with van der Waals surface area (Å²) < 4.78 is 4.96. The van der Waals surface area contributed by atoms with Gasteiger partial charge in [0.15, 0.2) is 5.58 Å². The zero-order chi connectivity index (χ0) is 16.7. The number of carbonyl (C=O) groups excluding carboxylic acids is 1. The van der Waals surface area contributed by atoms with E-state index in [4.69, 9.17) is 4.42 Å². The van der Waals surface area contributed by atoms with Gasteiger partial charge in [-0.1, -0.05) is 19.9 Å². The number of hydrogen-bond donors (Lipinski definition) is 3. The molecule has 2 aromatic rings. The number of para-hydroxylation sites is 1. The van der Waals surface area contributed by atoms with Crippen LogP contribution in [0.2, 0.25) is 0 Å². The van der Waals surface area contributed by atoms with Crippen molar-refractivity contribution >= 4 is 17.0 Å². The van der Waals surface area contributed by atoms with E-state index >= 15 is 0 Å². The van der Waals surface area contributed by atoms with Crippen molar-refractivity contribution in [2.45, 2.75) is 45.1 Å². The van der Waals surface area contributed by atoms with Gasteiger partial charge in [0.1, 0.15) is 0 Å². The minimum atomic E-state index is -0.880. The molecule has 1 unspecified atom stereocenters. The standard InChI is InChI=1S/C17H22N2O4/c1-16(2)7-4-8-17(22,9-16)10-18-14(20)11-5-3-6-12-13(11)19-15(21)23-12/h3,5-6,22H,4,7-10H2,1-2H3,(H,18,20)(H,19,21). The monoisotopic (exact) mass is 318 g/mol. The average molecular weight is 318 g/mol. The lowest BCUT2D eigenvalue weighted by molar-refractivity contribution is -0.0361. The van der Waals surface area contributed by atoms with E-state index in [1.165, 1.54) is 0 Å². The van der Waals surface area contributed by atoms with Crippen molar-refractivity contribution in [3.63, 3.8) is 0 Å². The van der Waals surface area contributed by atoms with Gasteiger partial charge in [0.25, 0.3) is 5.91 Å². The number of aromatic nitrogens is 1. The number of fused-ring (bicyclic) bond motifs is 1. The molecule has 3 rings (SSSR count). The van der Waals surface area contributed by atoms with E-state index in [2.05, 4.69) is 24.1 Å². The van der Waals surface area contributed by atoms with Gasteiger partial charge < -0.3 is 14.8 Å². The second kappa shape index (κ2) is 5.53. The zero-order valence-electron chi connectivity index (χ0n) is 13.4. The minimum absolute atomic E-state index is 0.0769. The van der Waals surface area contributed by atoms with Crippen LogP contribution in [0, 0.1) is 5.41 Å². The molecule has 0 bridgehead atoms. The number of amides is 1. The van der Waals surface area contributed by atoms with E-state index in [0.29, 0.717) is 29.5 Å². The van der Waals surface area contributed by atoms with E-state index in [0.717, 1.165) is 12.8 Å². The van der Waals surface area contributed by atoms with Gasteiger partial charge >= 0.3 is 5.76 Å². The van der Waals surface area contributed by atoms with E-state index in [1.807, 2.05) is 0 Å². The summed E-state index contributed by atoms with van der Waals surface area (Å²) in [4.78, 5) is 26.2. The molecule has 124 valence electrons. The number of nitrogens with one attached hydrogen (secondary N) is 2. The Labute approximate surface area is 133 Å². The third kappa shape index (κ3) is 3.32. The van der Waals surface area contributed by atoms with Crippen molar-refractivity contribution < 1.29 is 14.3 Å². The molecule has 1 fully saturated rings. The molecule has 6 heteroatoms. The number of aromatic amines is 1. The predicted octanol–water partition coefficient (Wildman–Crippen LogP) is 2.18. The van der Waals surface area contributed by atoms with Crippen LogP contribution in [0.3, 0.4) is 0 Å². The van der Waals surface area contributed by atoms with E-state index in [1.54, 1.807) is 18.2 Å². The molecule has 1 aliphatic carbocycles. The summed E-state index contributed by atoms with van der Waals surface area (Å²) in [6.45, 7) is 4.47. The zero-order valence-corrected chi connectivity index (χ0v) is 13.4. The van der Waals surface area contributed by atoms with Gasteiger partial charge in [-0.25, -0.2) is 4.79 Å². The van der Waals surface area contributed by atoms with Gasteiger partial charge in [0, 0.05) is 6.54 Å². The highest BCUT2D eigenvalue weighted by molar-refractivity contribution is 6.04. The molecule has 0 spiro atoms. The number of H-pyrrole nitrogens is 1. The van der Waals surface area contributed by atoms with Gasteiger partial charge in [-0.05, 0) is 43.2 Å². The van der Waals surface area contributed by atoms with Crippen LogP contribution in [0.5, 0.6) is 0 Å². The van der Waals surface area contributed by atoms with Crippen LogP contribution in [0.4, 0.5) is 0 Å². The van der Waals surface area contributed by atoms with Crippen molar-refractivity contribution in [1.82, 2.24) is 10.3 Å². The van der Waals surface area contributed by atoms with Crippen LogP contribution in [0.1, 0.15) is 49.9 Å². The first-order valence-electron chi connectivity index (χ1n) is 7.91. The molecule has 3 N–H and O–H groups in total. The van der Waals surface area contributed by atoms with Crippen LogP contribution in [0.25, 0.3) is 11.1 Å². The van der Waals surface area contributed by atoms with Crippen molar-refractivity contribution in [1.29, 1.82) is 0 Å². The topological polar surface area (TPSA) is 95.3 Å². The smallest absolute Gasteiger partial charge is 0.408 e. The molecule has 6 nitrogen and oxygen atoms in total. The summed E-state index contributed by atoms with van der Waals surface area (Å²) in [6.07, 6.45) is 3.37. The van der Waals surface area contributed by atoms with Crippen molar-refractivity contribution in [3.05, 3.63) is 34.3 Å². The van der Waals surface area contributed by atoms with E-state index in [9.17, 15) is 14.7 Å². The SMILES string of the molecule is CC1(C)CCCC(O)(CNC(=O)c2cccc3oc(=O)[nH]c23)C1. The lowest BCUT2D eigenvalue weighted by Crippen LogP contribution is -2.48. The highest BCUT2D eigenvalue weighted by Crippen LogP contribution is 2.40. The summed E-state index contributed by atoms with van der Waals surface area (Å²) in [5.41, 5.74) is 0.265. The summed E-state index contributed by atoms with van der Waals surface area (Å²) in [5, 5.41) is 13.5. The molecule has 1 aromatic heterocycles. The summed E-state index contributed by atoms with van der Waals surface area (Å²) >= 11 is 0. The first-order valence-corrected chi connectivity index (χ1v) is 7.91. The maximum Gasteiger partial charge on any atom is 0.417 e. The summed E-state index contributed by atoms with van der Waals surface area (Å²) in [6, 6.07) is 4.91. The second-order valence-corrected chi connectivity index (χ2v) is 7.29. The van der Waals surface area contributed by atoms with Crippen LogP contribution in [-0.4, -0.2) is 28.1 Å². The van der Waals surface area contributed by atoms with Crippen LogP contribution in [0.15, 0.2) is 27.4 Å². The van der Waals surface area contributed by atoms with Crippen LogP contribution >= 0.6 is 0 Å². The number of carbonyl (C=O) groups is 1. The first kappa shape index (κ1) is 15.8. The maximum absolute atomic E-state index is 12.4. The van der Waals surface area contributed by atoms with Crippen molar-refractivity contribution in [3.8, 4) is 0 Å². The van der Waals surface area contributed by atoms with Crippen LogP contribution < -0.4 is 11.1 Å². The Bertz CT molecular complexity index is 789. The molecule has 1 saturated carbocycles. The highest BCUT2D eigenvalue weighted by Gasteiger charge is 2.38. The van der Waals surface area contributed by atoms with Gasteiger partial charge in [0.05, 0.1) is 16.7 Å². The molecule has 23 heavy (non-hydrogen) atoms. The normalized spacial score (nSPS) is 23.8. The molecule has 1 amide bonds. The Morgan fingerprint density at radius 2 is 2.17 bits per heavy atom. The Morgan fingerprint density at radius 3 is 2.91 bits per heavy atom. The molecule has 0 saturated heterocycles. The van der Waals surface area contributed by atoms with Gasteiger partial charge in [-0.3, -0.25) is 9.78 Å². The summed E-state index contributed by atoms with van der Waals surface area (Å²) in [7, 11) is 0. The lowest BCUT2D eigenvalue weighted by Gasteiger charge is -2.41. The fraction of sp³-hybridized carbons (Fsp3) is 0.529. The molecular formula is C17H22N2O4.